The highest BCUT2D eigenvalue weighted by molar-refractivity contribution is 9.10. The number of methoxy groups -OCH3 is 1. The Morgan fingerprint density at radius 1 is 0.659 bits per heavy atom. The number of rotatable bonds is 5. The van der Waals surface area contributed by atoms with E-state index >= 15 is 0 Å². The standard InChI is InChI=1S/C8H9BrO2.C7H6Br2O.C7H6BrClO.C7H3ClF4O/c1-11-8-4-6(5-9)2-3-7(8)10;2*8-4-5-1-2-7(10)6(9)3-5;8-1-2-3(9)5(11)7(13)6(12)4(2)10/h2-4,10H,5H2,1H3;2*1-3,10H,4H2;13H,1H2. The van der Waals surface area contributed by atoms with Crippen molar-refractivity contribution in [1.29, 1.82) is 0 Å². The molecule has 240 valence electrons. The lowest BCUT2D eigenvalue weighted by atomic mass is 10.2. The Kier molecular flexibility index (Phi) is 18.5. The smallest absolute Gasteiger partial charge is 0.204 e. The molecule has 4 N–H and O–H groups in total. The number of aromatic hydroxyl groups is 4. The molecule has 0 aliphatic rings. The number of benzene rings is 4. The third-order valence-electron chi connectivity index (χ3n) is 5.20. The summed E-state index contributed by atoms with van der Waals surface area (Å²) in [6.07, 6.45) is 0. The van der Waals surface area contributed by atoms with Gasteiger partial charge in [-0.05, 0) is 69.0 Å². The van der Waals surface area contributed by atoms with Crippen LogP contribution in [0, 0.1) is 23.3 Å². The molecular weight excluding hydrogens is 895 g/mol. The molecule has 4 aromatic carbocycles. The number of halogens is 10. The van der Waals surface area contributed by atoms with Crippen LogP contribution in [0.25, 0.3) is 0 Å². The lowest BCUT2D eigenvalue weighted by Gasteiger charge is -2.05. The predicted octanol–water partition coefficient (Wildman–Crippen LogP) is 11.0. The highest BCUT2D eigenvalue weighted by Crippen LogP contribution is 2.30. The lowest BCUT2D eigenvalue weighted by Crippen LogP contribution is -2.01. The van der Waals surface area contributed by atoms with Gasteiger partial charge >= 0.3 is 0 Å². The van der Waals surface area contributed by atoms with Crippen LogP contribution >= 0.6 is 86.9 Å². The lowest BCUT2D eigenvalue weighted by molar-refractivity contribution is 0.352. The predicted molar refractivity (Wildman–Crippen MR) is 179 cm³/mol. The molecule has 4 aromatic rings. The summed E-state index contributed by atoms with van der Waals surface area (Å²) >= 11 is 23.8. The zero-order valence-electron chi connectivity index (χ0n) is 22.5. The van der Waals surface area contributed by atoms with Crippen molar-refractivity contribution in [1.82, 2.24) is 0 Å². The van der Waals surface area contributed by atoms with Crippen molar-refractivity contribution in [3.63, 3.8) is 0 Å². The molecule has 0 fully saturated rings. The molecule has 0 saturated carbocycles. The Hall–Kier alpha value is -1.90. The molecule has 0 amide bonds. The van der Waals surface area contributed by atoms with E-state index in [9.17, 15) is 22.7 Å². The maximum absolute atomic E-state index is 12.7. The van der Waals surface area contributed by atoms with Gasteiger partial charge in [-0.1, -0.05) is 77.6 Å². The second-order valence-corrected chi connectivity index (χ2v) is 11.4. The minimum absolute atomic E-state index is 0.131. The fourth-order valence-electron chi connectivity index (χ4n) is 2.86. The van der Waals surface area contributed by atoms with Gasteiger partial charge in [-0.2, -0.15) is 8.78 Å². The molecular formula is C29H24Br4Cl2F4O5. The highest BCUT2D eigenvalue weighted by Gasteiger charge is 2.24. The SMILES string of the molecule is COc1cc(CBr)ccc1O.Oc1c(F)c(F)c(CCl)c(F)c1F.Oc1ccc(CBr)cc1Br.Oc1ccc(CBr)cc1Cl. The van der Waals surface area contributed by atoms with Gasteiger partial charge in [0.15, 0.2) is 28.9 Å². The van der Waals surface area contributed by atoms with Crippen LogP contribution in [-0.2, 0) is 21.9 Å². The fourth-order valence-corrected chi connectivity index (χ4v) is 4.77. The topological polar surface area (TPSA) is 90.2 Å². The van der Waals surface area contributed by atoms with E-state index in [0.717, 1.165) is 37.2 Å². The van der Waals surface area contributed by atoms with Crippen LogP contribution in [0.2, 0.25) is 5.02 Å². The van der Waals surface area contributed by atoms with Crippen LogP contribution < -0.4 is 4.74 Å². The Balaban J connectivity index is 0.000000295. The monoisotopic (exact) mass is 914 g/mol. The fraction of sp³-hybridized carbons (Fsp3) is 0.172. The Morgan fingerprint density at radius 3 is 1.50 bits per heavy atom. The molecule has 0 unspecified atom stereocenters. The van der Waals surface area contributed by atoms with Gasteiger partial charge in [-0.3, -0.25) is 0 Å². The van der Waals surface area contributed by atoms with Gasteiger partial charge in [0.1, 0.15) is 11.5 Å². The summed E-state index contributed by atoms with van der Waals surface area (Å²) < 4.78 is 56.1. The van der Waals surface area contributed by atoms with E-state index < -0.39 is 40.5 Å². The van der Waals surface area contributed by atoms with E-state index in [2.05, 4.69) is 63.7 Å². The van der Waals surface area contributed by atoms with Gasteiger partial charge in [-0.15, -0.1) is 11.6 Å². The van der Waals surface area contributed by atoms with E-state index in [1.54, 1.807) is 30.3 Å². The van der Waals surface area contributed by atoms with E-state index in [-0.39, 0.29) is 17.2 Å². The average molecular weight is 919 g/mol. The summed E-state index contributed by atoms with van der Waals surface area (Å²) in [5, 5.41) is 38.5. The maximum Gasteiger partial charge on any atom is 0.204 e. The van der Waals surface area contributed by atoms with Crippen molar-refractivity contribution in [2.75, 3.05) is 7.11 Å². The molecule has 0 bridgehead atoms. The van der Waals surface area contributed by atoms with Crippen LogP contribution in [0.3, 0.4) is 0 Å². The molecule has 0 atom stereocenters. The van der Waals surface area contributed by atoms with Gasteiger partial charge in [0, 0.05) is 21.6 Å². The second kappa shape index (κ2) is 20.3. The molecule has 15 heteroatoms. The zero-order valence-corrected chi connectivity index (χ0v) is 30.4. The number of phenols is 4. The number of hydrogen-bond acceptors (Lipinski definition) is 5. The molecule has 0 saturated heterocycles. The Bertz CT molecular complexity index is 1450. The third-order valence-corrected chi connectivity index (χ3v) is 8.34. The number of phenolic OH excluding ortho intramolecular Hbond substituents is 4. The molecule has 0 aromatic heterocycles. The first-order valence-corrected chi connectivity index (χ1v) is 16.9. The highest BCUT2D eigenvalue weighted by atomic mass is 79.9. The van der Waals surface area contributed by atoms with Crippen LogP contribution in [-0.4, -0.2) is 27.5 Å². The van der Waals surface area contributed by atoms with Crippen molar-refractivity contribution < 1.29 is 42.7 Å². The second-order valence-electron chi connectivity index (χ2n) is 8.20. The van der Waals surface area contributed by atoms with E-state index in [1.165, 1.54) is 7.11 Å². The van der Waals surface area contributed by atoms with Crippen molar-refractivity contribution in [2.24, 2.45) is 0 Å². The number of hydrogen-bond donors (Lipinski definition) is 4. The van der Waals surface area contributed by atoms with Crippen LogP contribution in [0.5, 0.6) is 28.7 Å². The molecule has 0 radical (unpaired) electrons. The van der Waals surface area contributed by atoms with Crippen molar-refractivity contribution in [3.05, 3.63) is 110 Å². The minimum Gasteiger partial charge on any atom is -0.507 e. The summed E-state index contributed by atoms with van der Waals surface area (Å²) in [6, 6.07) is 15.8. The average Bonchev–Trinajstić information content (AvgIpc) is 3.03. The summed E-state index contributed by atoms with van der Waals surface area (Å²) in [4.78, 5) is 0. The minimum atomic E-state index is -1.84. The first kappa shape index (κ1) is 40.1. The van der Waals surface area contributed by atoms with E-state index in [4.69, 9.17) is 43.3 Å². The summed E-state index contributed by atoms with van der Waals surface area (Å²) in [7, 11) is 1.53. The van der Waals surface area contributed by atoms with Crippen LogP contribution in [0.1, 0.15) is 22.3 Å². The Labute approximate surface area is 294 Å². The van der Waals surface area contributed by atoms with Crippen molar-refractivity contribution >= 4 is 86.9 Å². The molecule has 0 aliphatic carbocycles. The Morgan fingerprint density at radius 2 is 1.09 bits per heavy atom. The normalized spacial score (nSPS) is 9.98. The summed E-state index contributed by atoms with van der Waals surface area (Å²) in [5.41, 5.74) is 2.35. The summed E-state index contributed by atoms with van der Waals surface area (Å²) in [5.74, 6) is -8.31. The largest absolute Gasteiger partial charge is 0.507 e. The molecule has 5 nitrogen and oxygen atoms in total. The van der Waals surface area contributed by atoms with Crippen molar-refractivity contribution in [2.45, 2.75) is 21.9 Å². The van der Waals surface area contributed by atoms with Gasteiger partial charge in [0.05, 0.1) is 22.5 Å². The molecule has 0 heterocycles. The van der Waals surface area contributed by atoms with E-state index in [1.807, 2.05) is 24.3 Å². The van der Waals surface area contributed by atoms with Crippen LogP contribution in [0.4, 0.5) is 17.6 Å². The van der Waals surface area contributed by atoms with Gasteiger partial charge in [-0.25, -0.2) is 8.78 Å². The molecule has 44 heavy (non-hydrogen) atoms. The molecule has 0 aliphatic heterocycles. The quantitative estimate of drug-likeness (QED) is 0.0910. The van der Waals surface area contributed by atoms with E-state index in [0.29, 0.717) is 10.8 Å². The number of alkyl halides is 4. The van der Waals surface area contributed by atoms with Gasteiger partial charge in [0.2, 0.25) is 11.6 Å². The molecule has 4 rings (SSSR count). The first-order valence-electron chi connectivity index (χ1n) is 11.8. The van der Waals surface area contributed by atoms with Gasteiger partial charge < -0.3 is 25.2 Å². The van der Waals surface area contributed by atoms with Gasteiger partial charge in [0.25, 0.3) is 0 Å². The van der Waals surface area contributed by atoms with Crippen LogP contribution in [0.15, 0.2) is 59.1 Å². The zero-order chi connectivity index (χ0) is 33.6. The maximum atomic E-state index is 12.7. The molecule has 0 spiro atoms. The van der Waals surface area contributed by atoms with Crippen molar-refractivity contribution in [3.8, 4) is 28.7 Å². The third kappa shape index (κ3) is 12.1. The first-order chi connectivity index (χ1) is 20.7. The summed E-state index contributed by atoms with van der Waals surface area (Å²) in [6.45, 7) is 0. The number of ether oxygens (including phenoxy) is 1.